The molecule has 1 N–H and O–H groups in total. The molecule has 2 rings (SSSR count). The van der Waals surface area contributed by atoms with Crippen LogP contribution in [0.1, 0.15) is 31.5 Å². The van der Waals surface area contributed by atoms with Gasteiger partial charge in [0.25, 0.3) is 0 Å². The topological polar surface area (TPSA) is 36.4 Å². The zero-order valence-electron chi connectivity index (χ0n) is 10.1. The number of hydrogen-bond acceptors (Lipinski definition) is 3. The SMILES string of the molecule is CCc1cc(CO)cc(N2CCC(C)C2)n1. The number of rotatable bonds is 3. The van der Waals surface area contributed by atoms with Gasteiger partial charge in [0.15, 0.2) is 0 Å². The zero-order chi connectivity index (χ0) is 11.5. The minimum absolute atomic E-state index is 0.103. The summed E-state index contributed by atoms with van der Waals surface area (Å²) in [6.07, 6.45) is 2.16. The molecule has 0 bridgehead atoms. The van der Waals surface area contributed by atoms with Gasteiger partial charge in [-0.1, -0.05) is 13.8 Å². The number of aliphatic hydroxyl groups excluding tert-OH is 1. The van der Waals surface area contributed by atoms with E-state index >= 15 is 0 Å². The molecule has 16 heavy (non-hydrogen) atoms. The van der Waals surface area contributed by atoms with Crippen molar-refractivity contribution in [3.63, 3.8) is 0 Å². The van der Waals surface area contributed by atoms with Crippen LogP contribution < -0.4 is 4.90 Å². The predicted molar refractivity (Wildman–Crippen MR) is 65.5 cm³/mol. The Morgan fingerprint density at radius 2 is 2.31 bits per heavy atom. The molecule has 0 saturated carbocycles. The van der Waals surface area contributed by atoms with Crippen LogP contribution in [0.2, 0.25) is 0 Å². The van der Waals surface area contributed by atoms with Crippen LogP contribution in [0.5, 0.6) is 0 Å². The van der Waals surface area contributed by atoms with Gasteiger partial charge < -0.3 is 10.0 Å². The molecule has 1 aliphatic rings. The smallest absolute Gasteiger partial charge is 0.129 e. The van der Waals surface area contributed by atoms with Gasteiger partial charge in [-0.3, -0.25) is 0 Å². The Labute approximate surface area is 97.1 Å². The van der Waals surface area contributed by atoms with Gasteiger partial charge in [0.1, 0.15) is 5.82 Å². The number of pyridine rings is 1. The lowest BCUT2D eigenvalue weighted by atomic mass is 10.2. The first kappa shape index (κ1) is 11.4. The summed E-state index contributed by atoms with van der Waals surface area (Å²) in [6.45, 7) is 6.65. The molecular weight excluding hydrogens is 200 g/mol. The fourth-order valence-electron chi connectivity index (χ4n) is 2.21. The van der Waals surface area contributed by atoms with E-state index in [1.54, 1.807) is 0 Å². The van der Waals surface area contributed by atoms with Crippen molar-refractivity contribution < 1.29 is 5.11 Å². The maximum absolute atomic E-state index is 9.23. The number of nitrogens with zero attached hydrogens (tertiary/aromatic N) is 2. The molecule has 0 aliphatic carbocycles. The number of aliphatic hydroxyl groups is 1. The van der Waals surface area contributed by atoms with Crippen molar-refractivity contribution >= 4 is 5.82 Å². The maximum atomic E-state index is 9.23. The van der Waals surface area contributed by atoms with E-state index < -0.39 is 0 Å². The molecule has 1 saturated heterocycles. The lowest BCUT2D eigenvalue weighted by Crippen LogP contribution is -2.21. The Balaban J connectivity index is 2.25. The zero-order valence-corrected chi connectivity index (χ0v) is 10.1. The molecule has 0 aromatic carbocycles. The van der Waals surface area contributed by atoms with Crippen molar-refractivity contribution in [2.45, 2.75) is 33.3 Å². The van der Waals surface area contributed by atoms with Crippen LogP contribution in [0.15, 0.2) is 12.1 Å². The second kappa shape index (κ2) is 4.83. The van der Waals surface area contributed by atoms with Gasteiger partial charge in [0, 0.05) is 18.8 Å². The monoisotopic (exact) mass is 220 g/mol. The first-order valence-corrected chi connectivity index (χ1v) is 6.08. The van der Waals surface area contributed by atoms with E-state index in [-0.39, 0.29) is 6.61 Å². The van der Waals surface area contributed by atoms with Crippen LogP contribution in [-0.4, -0.2) is 23.2 Å². The van der Waals surface area contributed by atoms with Crippen molar-refractivity contribution in [1.82, 2.24) is 4.98 Å². The summed E-state index contributed by atoms with van der Waals surface area (Å²) in [6, 6.07) is 4.00. The molecule has 1 aromatic heterocycles. The van der Waals surface area contributed by atoms with Crippen LogP contribution in [0, 0.1) is 5.92 Å². The molecule has 3 heteroatoms. The Kier molecular flexibility index (Phi) is 3.44. The summed E-state index contributed by atoms with van der Waals surface area (Å²) in [5.41, 5.74) is 2.04. The summed E-state index contributed by atoms with van der Waals surface area (Å²) in [5, 5.41) is 9.23. The lowest BCUT2D eigenvalue weighted by Gasteiger charge is -2.18. The van der Waals surface area contributed by atoms with E-state index in [0.717, 1.165) is 42.5 Å². The van der Waals surface area contributed by atoms with Gasteiger partial charge >= 0.3 is 0 Å². The molecule has 0 amide bonds. The van der Waals surface area contributed by atoms with Gasteiger partial charge in [0.2, 0.25) is 0 Å². The Morgan fingerprint density at radius 1 is 1.50 bits per heavy atom. The molecule has 1 fully saturated rings. The first-order chi connectivity index (χ1) is 7.72. The fraction of sp³-hybridized carbons (Fsp3) is 0.615. The Morgan fingerprint density at radius 3 is 2.88 bits per heavy atom. The standard InChI is InChI=1S/C13H20N2O/c1-3-12-6-11(9-16)7-13(14-12)15-5-4-10(2)8-15/h6-7,10,16H,3-5,8-9H2,1-2H3. The van der Waals surface area contributed by atoms with Gasteiger partial charge in [-0.15, -0.1) is 0 Å². The second-order valence-electron chi connectivity index (χ2n) is 4.68. The third-order valence-electron chi connectivity index (χ3n) is 3.22. The largest absolute Gasteiger partial charge is 0.392 e. The van der Waals surface area contributed by atoms with E-state index in [9.17, 15) is 5.11 Å². The van der Waals surface area contributed by atoms with Gasteiger partial charge in [0.05, 0.1) is 6.61 Å². The van der Waals surface area contributed by atoms with Crippen molar-refractivity contribution in [3.8, 4) is 0 Å². The number of anilines is 1. The summed E-state index contributed by atoms with van der Waals surface area (Å²) >= 11 is 0. The fourth-order valence-corrected chi connectivity index (χ4v) is 2.21. The molecule has 3 nitrogen and oxygen atoms in total. The van der Waals surface area contributed by atoms with E-state index in [4.69, 9.17) is 0 Å². The Bertz CT molecular complexity index is 343. The Hall–Kier alpha value is -1.09. The quantitative estimate of drug-likeness (QED) is 0.846. The summed E-state index contributed by atoms with van der Waals surface area (Å²) < 4.78 is 0. The predicted octanol–water partition coefficient (Wildman–Crippen LogP) is 1.98. The highest BCUT2D eigenvalue weighted by Crippen LogP contribution is 2.23. The number of aromatic nitrogens is 1. The van der Waals surface area contributed by atoms with Crippen LogP contribution >= 0.6 is 0 Å². The summed E-state index contributed by atoms with van der Waals surface area (Å²) in [5.74, 6) is 1.79. The molecule has 0 radical (unpaired) electrons. The van der Waals surface area contributed by atoms with Crippen molar-refractivity contribution in [1.29, 1.82) is 0 Å². The van der Waals surface area contributed by atoms with E-state index in [0.29, 0.717) is 0 Å². The molecular formula is C13H20N2O. The van der Waals surface area contributed by atoms with Gasteiger partial charge in [-0.25, -0.2) is 4.98 Å². The minimum atomic E-state index is 0.103. The van der Waals surface area contributed by atoms with Crippen LogP contribution in [-0.2, 0) is 13.0 Å². The normalized spacial score (nSPS) is 20.4. The first-order valence-electron chi connectivity index (χ1n) is 6.08. The van der Waals surface area contributed by atoms with Crippen molar-refractivity contribution in [2.24, 2.45) is 5.92 Å². The van der Waals surface area contributed by atoms with E-state index in [1.165, 1.54) is 6.42 Å². The van der Waals surface area contributed by atoms with Gasteiger partial charge in [-0.2, -0.15) is 0 Å². The van der Waals surface area contributed by atoms with Crippen LogP contribution in [0.3, 0.4) is 0 Å². The van der Waals surface area contributed by atoms with Crippen LogP contribution in [0.4, 0.5) is 5.82 Å². The molecule has 1 aromatic rings. The molecule has 0 spiro atoms. The highest BCUT2D eigenvalue weighted by molar-refractivity contribution is 5.43. The number of aryl methyl sites for hydroxylation is 1. The molecule has 2 heterocycles. The maximum Gasteiger partial charge on any atom is 0.129 e. The molecule has 1 aliphatic heterocycles. The highest BCUT2D eigenvalue weighted by Gasteiger charge is 2.20. The van der Waals surface area contributed by atoms with E-state index in [1.807, 2.05) is 12.1 Å². The minimum Gasteiger partial charge on any atom is -0.392 e. The summed E-state index contributed by atoms with van der Waals surface area (Å²) in [4.78, 5) is 6.95. The second-order valence-corrected chi connectivity index (χ2v) is 4.68. The number of hydrogen-bond donors (Lipinski definition) is 1. The lowest BCUT2D eigenvalue weighted by molar-refractivity contribution is 0.281. The average Bonchev–Trinajstić information content (AvgIpc) is 2.75. The van der Waals surface area contributed by atoms with E-state index in [2.05, 4.69) is 23.7 Å². The van der Waals surface area contributed by atoms with Gasteiger partial charge in [-0.05, 0) is 36.5 Å². The molecule has 1 unspecified atom stereocenters. The third kappa shape index (κ3) is 2.35. The van der Waals surface area contributed by atoms with Crippen molar-refractivity contribution in [2.75, 3.05) is 18.0 Å². The third-order valence-corrected chi connectivity index (χ3v) is 3.22. The van der Waals surface area contributed by atoms with Crippen LogP contribution in [0.25, 0.3) is 0 Å². The highest BCUT2D eigenvalue weighted by atomic mass is 16.3. The average molecular weight is 220 g/mol. The van der Waals surface area contributed by atoms with Crippen molar-refractivity contribution in [3.05, 3.63) is 23.4 Å². The molecule has 1 atom stereocenters. The molecule has 88 valence electrons. The summed E-state index contributed by atoms with van der Waals surface area (Å²) in [7, 11) is 0.